The number of amides is 3. The molecule has 0 rings (SSSR count). The number of carbonyl (C=O) groups is 5. The molecule has 0 unspecified atom stereocenters. The van der Waals surface area contributed by atoms with Gasteiger partial charge in [-0.25, -0.2) is 14.4 Å². The molecule has 40 heavy (non-hydrogen) atoms. The Morgan fingerprint density at radius 2 is 1.60 bits per heavy atom. The molecule has 0 bridgehead atoms. The van der Waals surface area contributed by atoms with Crippen LogP contribution in [-0.4, -0.2) is 78.3 Å². The number of ether oxygens (including phenoxy) is 3. The van der Waals surface area contributed by atoms with Crippen LogP contribution in [0.3, 0.4) is 0 Å². The van der Waals surface area contributed by atoms with Crippen molar-refractivity contribution in [2.24, 2.45) is 5.92 Å². The van der Waals surface area contributed by atoms with Gasteiger partial charge in [0.05, 0.1) is 0 Å². The minimum atomic E-state index is -1.38. The monoisotopic (exact) mass is 587 g/mol. The SMILES string of the molecule is C=CCOC(=O)[C@@H](NC(=O)[C@H](CCSC)NC(=O)CCCCC)[C@@H](C)OC(=O)[C@@H](NC(=O)OC(C)(C)C)C(C)C. The molecule has 0 spiro atoms. The van der Waals surface area contributed by atoms with Gasteiger partial charge in [0.15, 0.2) is 6.04 Å². The van der Waals surface area contributed by atoms with E-state index >= 15 is 0 Å². The van der Waals surface area contributed by atoms with E-state index in [1.54, 1.807) is 34.6 Å². The lowest BCUT2D eigenvalue weighted by molar-refractivity contribution is -0.160. The van der Waals surface area contributed by atoms with E-state index < -0.39 is 53.8 Å². The van der Waals surface area contributed by atoms with Crippen molar-refractivity contribution in [3.05, 3.63) is 12.7 Å². The number of unbranched alkanes of at least 4 members (excludes halogenated alkanes) is 2. The van der Waals surface area contributed by atoms with Crippen molar-refractivity contribution in [3.8, 4) is 0 Å². The summed E-state index contributed by atoms with van der Waals surface area (Å²) in [5, 5.41) is 7.84. The number of hydrogen-bond donors (Lipinski definition) is 3. The van der Waals surface area contributed by atoms with Crippen LogP contribution >= 0.6 is 11.8 Å². The quantitative estimate of drug-likeness (QED) is 0.0948. The van der Waals surface area contributed by atoms with Gasteiger partial charge in [0.2, 0.25) is 11.8 Å². The first-order chi connectivity index (χ1) is 18.7. The van der Waals surface area contributed by atoms with Gasteiger partial charge in [0.1, 0.15) is 30.4 Å². The molecule has 0 aliphatic rings. The first-order valence-corrected chi connectivity index (χ1v) is 15.1. The number of alkyl carbamates (subject to hydrolysis) is 1. The smallest absolute Gasteiger partial charge is 0.408 e. The molecular formula is C28H49N3O8S. The van der Waals surface area contributed by atoms with Gasteiger partial charge in [-0.15, -0.1) is 0 Å². The molecule has 0 aromatic heterocycles. The highest BCUT2D eigenvalue weighted by molar-refractivity contribution is 7.98. The predicted molar refractivity (Wildman–Crippen MR) is 156 cm³/mol. The fourth-order valence-corrected chi connectivity index (χ4v) is 3.89. The minimum Gasteiger partial charge on any atom is -0.460 e. The van der Waals surface area contributed by atoms with Crippen LogP contribution in [0, 0.1) is 5.92 Å². The van der Waals surface area contributed by atoms with Gasteiger partial charge < -0.3 is 30.2 Å². The maximum Gasteiger partial charge on any atom is 0.408 e. The van der Waals surface area contributed by atoms with Gasteiger partial charge in [-0.1, -0.05) is 46.3 Å². The van der Waals surface area contributed by atoms with Crippen LogP contribution in [0.1, 0.15) is 80.6 Å². The summed E-state index contributed by atoms with van der Waals surface area (Å²) in [5.74, 6) is -2.29. The summed E-state index contributed by atoms with van der Waals surface area (Å²) >= 11 is 1.51. The highest BCUT2D eigenvalue weighted by atomic mass is 32.2. The van der Waals surface area contributed by atoms with Gasteiger partial charge >= 0.3 is 18.0 Å². The highest BCUT2D eigenvalue weighted by Gasteiger charge is 2.36. The first-order valence-electron chi connectivity index (χ1n) is 13.7. The molecule has 230 valence electrons. The summed E-state index contributed by atoms with van der Waals surface area (Å²) in [6.07, 6.45) is 4.47. The zero-order chi connectivity index (χ0) is 30.9. The molecule has 0 saturated heterocycles. The Bertz CT molecular complexity index is 844. The van der Waals surface area contributed by atoms with Gasteiger partial charge in [-0.3, -0.25) is 9.59 Å². The molecule has 0 aliphatic heterocycles. The third-order valence-corrected chi connectivity index (χ3v) is 6.17. The van der Waals surface area contributed by atoms with E-state index in [2.05, 4.69) is 22.5 Å². The third-order valence-electron chi connectivity index (χ3n) is 5.53. The fraction of sp³-hybridized carbons (Fsp3) is 0.750. The van der Waals surface area contributed by atoms with Gasteiger partial charge in [0.25, 0.3) is 0 Å². The van der Waals surface area contributed by atoms with E-state index in [0.29, 0.717) is 18.6 Å². The normalized spacial score (nSPS) is 14.2. The number of rotatable bonds is 18. The highest BCUT2D eigenvalue weighted by Crippen LogP contribution is 2.13. The van der Waals surface area contributed by atoms with Gasteiger partial charge in [0, 0.05) is 6.42 Å². The lowest BCUT2D eigenvalue weighted by Gasteiger charge is -2.29. The van der Waals surface area contributed by atoms with Crippen molar-refractivity contribution in [2.75, 3.05) is 18.6 Å². The second kappa shape index (κ2) is 19.3. The predicted octanol–water partition coefficient (Wildman–Crippen LogP) is 3.50. The zero-order valence-corrected chi connectivity index (χ0v) is 26.1. The summed E-state index contributed by atoms with van der Waals surface area (Å²) < 4.78 is 15.9. The summed E-state index contributed by atoms with van der Waals surface area (Å²) in [6.45, 7) is 15.4. The lowest BCUT2D eigenvalue weighted by Crippen LogP contribution is -2.57. The molecule has 12 heteroatoms. The summed E-state index contributed by atoms with van der Waals surface area (Å²) in [5.41, 5.74) is -0.772. The maximum absolute atomic E-state index is 13.2. The van der Waals surface area contributed by atoms with Crippen molar-refractivity contribution in [1.82, 2.24) is 16.0 Å². The Morgan fingerprint density at radius 3 is 2.12 bits per heavy atom. The third kappa shape index (κ3) is 15.7. The Balaban J connectivity index is 5.72. The van der Waals surface area contributed by atoms with E-state index in [0.717, 1.165) is 12.8 Å². The van der Waals surface area contributed by atoms with Gasteiger partial charge in [-0.05, 0) is 58.5 Å². The van der Waals surface area contributed by atoms with Crippen molar-refractivity contribution >= 4 is 41.6 Å². The molecule has 0 aromatic rings. The molecule has 0 aliphatic carbocycles. The molecule has 3 N–H and O–H groups in total. The lowest BCUT2D eigenvalue weighted by atomic mass is 10.0. The molecule has 0 aromatic carbocycles. The number of nitrogens with one attached hydrogen (secondary N) is 3. The van der Waals surface area contributed by atoms with Crippen LogP contribution in [0.15, 0.2) is 12.7 Å². The Kier molecular flexibility index (Phi) is 18.0. The number of thioether (sulfide) groups is 1. The maximum atomic E-state index is 13.2. The van der Waals surface area contributed by atoms with Crippen molar-refractivity contribution in [2.45, 2.75) is 110 Å². The van der Waals surface area contributed by atoms with Crippen molar-refractivity contribution in [1.29, 1.82) is 0 Å². The zero-order valence-electron chi connectivity index (χ0n) is 25.3. The van der Waals surface area contributed by atoms with E-state index in [-0.39, 0.29) is 24.9 Å². The Morgan fingerprint density at radius 1 is 0.950 bits per heavy atom. The standard InChI is InChI=1S/C28H49N3O8S/c1-10-12-13-14-21(32)29-20(15-17-40-9)24(33)30-23(25(34)37-16-11-2)19(5)38-26(35)22(18(3)4)31-27(36)39-28(6,7)8/h11,18-20,22-23H,2,10,12-17H2,1,3-9H3,(H,29,32)(H,30,33)(H,31,36)/t19-,20+,22+,23+/m1/s1. The largest absolute Gasteiger partial charge is 0.460 e. The second-order valence-corrected chi connectivity index (χ2v) is 11.8. The van der Waals surface area contributed by atoms with Crippen molar-refractivity contribution in [3.63, 3.8) is 0 Å². The fourth-order valence-electron chi connectivity index (χ4n) is 3.42. The van der Waals surface area contributed by atoms with Crippen LogP contribution in [-0.2, 0) is 33.4 Å². The van der Waals surface area contributed by atoms with E-state index in [4.69, 9.17) is 14.2 Å². The number of hydrogen-bond acceptors (Lipinski definition) is 9. The Labute approximate surface area is 243 Å². The molecule has 11 nitrogen and oxygen atoms in total. The molecule has 0 fully saturated rings. The van der Waals surface area contributed by atoms with Gasteiger partial charge in [-0.2, -0.15) is 11.8 Å². The molecular weight excluding hydrogens is 538 g/mol. The average Bonchev–Trinajstić information content (AvgIpc) is 2.85. The van der Waals surface area contributed by atoms with E-state index in [1.807, 2.05) is 13.2 Å². The molecule has 0 radical (unpaired) electrons. The van der Waals surface area contributed by atoms with Crippen LogP contribution < -0.4 is 16.0 Å². The summed E-state index contributed by atoms with van der Waals surface area (Å²) in [6, 6.07) is -3.34. The number of carbonyl (C=O) groups excluding carboxylic acids is 5. The summed E-state index contributed by atoms with van der Waals surface area (Å²) in [4.78, 5) is 63.9. The van der Waals surface area contributed by atoms with E-state index in [9.17, 15) is 24.0 Å². The minimum absolute atomic E-state index is 0.120. The molecule has 0 heterocycles. The molecule has 3 amide bonds. The van der Waals surface area contributed by atoms with Crippen LogP contribution in [0.5, 0.6) is 0 Å². The summed E-state index contributed by atoms with van der Waals surface area (Å²) in [7, 11) is 0. The van der Waals surface area contributed by atoms with Crippen LogP contribution in [0.25, 0.3) is 0 Å². The van der Waals surface area contributed by atoms with Crippen LogP contribution in [0.2, 0.25) is 0 Å². The van der Waals surface area contributed by atoms with E-state index in [1.165, 1.54) is 24.8 Å². The molecule has 4 atom stereocenters. The van der Waals surface area contributed by atoms with Crippen LogP contribution in [0.4, 0.5) is 4.79 Å². The van der Waals surface area contributed by atoms with Crippen molar-refractivity contribution < 1.29 is 38.2 Å². The first kappa shape index (κ1) is 37.2. The average molecular weight is 588 g/mol. The number of esters is 2. The second-order valence-electron chi connectivity index (χ2n) is 10.8. The Hall–Kier alpha value is -2.76. The topological polar surface area (TPSA) is 149 Å². The molecule has 0 saturated carbocycles.